The van der Waals surface area contributed by atoms with Crippen LogP contribution in [0.25, 0.3) is 5.65 Å². The number of aromatic nitrogens is 2. The van der Waals surface area contributed by atoms with Gasteiger partial charge in [0.25, 0.3) is 0 Å². The maximum absolute atomic E-state index is 12.7. The summed E-state index contributed by atoms with van der Waals surface area (Å²) in [6.45, 7) is 7.29. The average Bonchev–Trinajstić information content (AvgIpc) is 3.49. The maximum atomic E-state index is 12.7. The topological polar surface area (TPSA) is 74.0 Å². The van der Waals surface area contributed by atoms with Crippen molar-refractivity contribution in [2.75, 3.05) is 26.2 Å². The number of aliphatic imine (C=N–C) groups is 1. The van der Waals surface area contributed by atoms with Gasteiger partial charge in [-0.2, -0.15) is 0 Å². The summed E-state index contributed by atoms with van der Waals surface area (Å²) < 4.78 is 2.08. The Morgan fingerprint density at radius 3 is 2.90 bits per heavy atom. The highest BCUT2D eigenvalue weighted by atomic mass is 16.2. The average molecular weight is 411 g/mol. The van der Waals surface area contributed by atoms with Gasteiger partial charge in [0.05, 0.1) is 5.69 Å². The first-order chi connectivity index (χ1) is 14.6. The Bertz CT molecular complexity index is 898. The molecule has 0 radical (unpaired) electrons. The Hall–Kier alpha value is -2.57. The van der Waals surface area contributed by atoms with Gasteiger partial charge in [-0.15, -0.1) is 0 Å². The van der Waals surface area contributed by atoms with Crippen LogP contribution in [0.5, 0.6) is 0 Å². The summed E-state index contributed by atoms with van der Waals surface area (Å²) in [5, 5.41) is 6.87. The van der Waals surface area contributed by atoms with Gasteiger partial charge in [-0.05, 0) is 44.7 Å². The van der Waals surface area contributed by atoms with Crippen LogP contribution in [0.4, 0.5) is 0 Å². The fraction of sp³-hybridized carbons (Fsp3) is 0.609. The van der Waals surface area contributed by atoms with Gasteiger partial charge in [-0.1, -0.05) is 18.9 Å². The van der Waals surface area contributed by atoms with Gasteiger partial charge in [0, 0.05) is 57.0 Å². The highest BCUT2D eigenvalue weighted by Crippen LogP contribution is 2.27. The Morgan fingerprint density at radius 2 is 2.13 bits per heavy atom. The number of carbonyl (C=O) groups excluding carboxylic acids is 1. The normalized spacial score (nSPS) is 20.3. The molecular formula is C23H34N6O. The molecule has 0 aromatic carbocycles. The second-order valence-corrected chi connectivity index (χ2v) is 8.56. The number of imidazole rings is 1. The van der Waals surface area contributed by atoms with Crippen LogP contribution in [-0.4, -0.2) is 58.4 Å². The molecule has 2 aromatic heterocycles. The molecule has 2 aliphatic rings. The number of nitrogens with zero attached hydrogens (tertiary/aromatic N) is 4. The van der Waals surface area contributed by atoms with E-state index in [-0.39, 0.29) is 12.0 Å². The summed E-state index contributed by atoms with van der Waals surface area (Å²) in [4.78, 5) is 24.2. The molecule has 7 nitrogen and oxygen atoms in total. The lowest BCUT2D eigenvalue weighted by molar-refractivity contribution is -0.134. The fourth-order valence-corrected chi connectivity index (χ4v) is 4.63. The van der Waals surface area contributed by atoms with E-state index in [1.165, 1.54) is 18.4 Å². The molecule has 3 heterocycles. The number of nitrogens with one attached hydrogen (secondary N) is 2. The number of aryl methyl sites for hydroxylation is 1. The number of amides is 1. The van der Waals surface area contributed by atoms with E-state index >= 15 is 0 Å². The predicted octanol–water partition coefficient (Wildman–Crippen LogP) is 2.53. The van der Waals surface area contributed by atoms with Crippen LogP contribution in [0.15, 0.2) is 29.5 Å². The second kappa shape index (κ2) is 9.49. The van der Waals surface area contributed by atoms with Gasteiger partial charge in [0.15, 0.2) is 5.96 Å². The van der Waals surface area contributed by atoms with Gasteiger partial charge in [0.1, 0.15) is 5.65 Å². The number of rotatable bonds is 6. The van der Waals surface area contributed by atoms with E-state index in [0.29, 0.717) is 12.5 Å². The first kappa shape index (κ1) is 20.7. The van der Waals surface area contributed by atoms with Crippen LogP contribution in [-0.2, 0) is 11.2 Å². The second-order valence-electron chi connectivity index (χ2n) is 8.56. The molecule has 1 saturated carbocycles. The molecule has 1 saturated heterocycles. The quantitative estimate of drug-likeness (QED) is 0.567. The monoisotopic (exact) mass is 410 g/mol. The van der Waals surface area contributed by atoms with E-state index in [2.05, 4.69) is 46.0 Å². The van der Waals surface area contributed by atoms with Crippen LogP contribution in [0.2, 0.25) is 0 Å². The lowest BCUT2D eigenvalue weighted by Gasteiger charge is -2.21. The largest absolute Gasteiger partial charge is 0.357 e. The molecule has 1 aliphatic heterocycles. The summed E-state index contributed by atoms with van der Waals surface area (Å²) in [6, 6.07) is 4.40. The van der Waals surface area contributed by atoms with E-state index in [9.17, 15) is 4.79 Å². The SMILES string of the molecule is CCNC(=NCCc1cn2cccc(C)c2n1)NC1CCN(C(=O)C2CCCC2)C1. The molecular weight excluding hydrogens is 376 g/mol. The van der Waals surface area contributed by atoms with E-state index in [0.717, 1.165) is 62.6 Å². The number of hydrogen-bond donors (Lipinski definition) is 2. The lowest BCUT2D eigenvalue weighted by atomic mass is 10.1. The molecule has 2 aromatic rings. The molecule has 0 spiro atoms. The molecule has 0 bridgehead atoms. The van der Waals surface area contributed by atoms with Gasteiger partial charge < -0.3 is 19.9 Å². The number of hydrogen-bond acceptors (Lipinski definition) is 3. The van der Waals surface area contributed by atoms with Crippen molar-refractivity contribution in [3.63, 3.8) is 0 Å². The number of fused-ring (bicyclic) bond motifs is 1. The summed E-state index contributed by atoms with van der Waals surface area (Å²) >= 11 is 0. The van der Waals surface area contributed by atoms with Crippen molar-refractivity contribution in [1.29, 1.82) is 0 Å². The van der Waals surface area contributed by atoms with Gasteiger partial charge in [0.2, 0.25) is 5.91 Å². The zero-order chi connectivity index (χ0) is 20.9. The van der Waals surface area contributed by atoms with E-state index in [1.807, 2.05) is 12.3 Å². The van der Waals surface area contributed by atoms with Crippen molar-refractivity contribution < 1.29 is 4.79 Å². The van der Waals surface area contributed by atoms with Gasteiger partial charge in [-0.3, -0.25) is 9.79 Å². The highest BCUT2D eigenvalue weighted by Gasteiger charge is 2.32. The third-order valence-corrected chi connectivity index (χ3v) is 6.26. The fourth-order valence-electron chi connectivity index (χ4n) is 4.63. The van der Waals surface area contributed by atoms with Crippen molar-refractivity contribution in [3.05, 3.63) is 35.8 Å². The molecule has 1 amide bonds. The predicted molar refractivity (Wildman–Crippen MR) is 120 cm³/mol. The Balaban J connectivity index is 1.31. The zero-order valence-corrected chi connectivity index (χ0v) is 18.2. The molecule has 30 heavy (non-hydrogen) atoms. The van der Waals surface area contributed by atoms with Crippen LogP contribution in [0.3, 0.4) is 0 Å². The Labute approximate surface area is 179 Å². The van der Waals surface area contributed by atoms with Crippen molar-refractivity contribution in [3.8, 4) is 0 Å². The summed E-state index contributed by atoms with van der Waals surface area (Å²) in [7, 11) is 0. The van der Waals surface area contributed by atoms with Crippen LogP contribution in [0.1, 0.15) is 50.3 Å². The first-order valence-electron chi connectivity index (χ1n) is 11.4. The minimum absolute atomic E-state index is 0.264. The van der Waals surface area contributed by atoms with Gasteiger partial charge >= 0.3 is 0 Å². The lowest BCUT2D eigenvalue weighted by Crippen LogP contribution is -2.45. The molecule has 2 fully saturated rings. The van der Waals surface area contributed by atoms with Crippen LogP contribution in [0, 0.1) is 12.8 Å². The molecule has 2 N–H and O–H groups in total. The minimum Gasteiger partial charge on any atom is -0.357 e. The maximum Gasteiger partial charge on any atom is 0.225 e. The number of likely N-dealkylation sites (tertiary alicyclic amines) is 1. The molecule has 162 valence electrons. The minimum atomic E-state index is 0.264. The number of guanidine groups is 1. The summed E-state index contributed by atoms with van der Waals surface area (Å²) in [5.41, 5.74) is 3.25. The standard InChI is InChI=1S/C23H34N6O/c1-3-24-23(25-12-10-19-15-28-13-6-7-17(2)21(28)26-19)27-20-11-14-29(16-20)22(30)18-8-4-5-9-18/h6-7,13,15,18,20H,3-5,8-12,14,16H2,1-2H3,(H2,24,25,27). The number of pyridine rings is 1. The first-order valence-corrected chi connectivity index (χ1v) is 11.4. The third-order valence-electron chi connectivity index (χ3n) is 6.26. The van der Waals surface area contributed by atoms with Crippen LogP contribution < -0.4 is 10.6 Å². The van der Waals surface area contributed by atoms with Crippen molar-refractivity contribution in [2.45, 2.75) is 58.4 Å². The van der Waals surface area contributed by atoms with E-state index in [1.54, 1.807) is 0 Å². The summed E-state index contributed by atoms with van der Waals surface area (Å²) in [6.07, 6.45) is 10.4. The molecule has 1 atom stereocenters. The smallest absolute Gasteiger partial charge is 0.225 e. The summed E-state index contributed by atoms with van der Waals surface area (Å²) in [5.74, 6) is 1.46. The van der Waals surface area contributed by atoms with Crippen molar-refractivity contribution in [1.82, 2.24) is 24.9 Å². The van der Waals surface area contributed by atoms with Crippen LogP contribution >= 0.6 is 0 Å². The Kier molecular flexibility index (Phi) is 6.55. The van der Waals surface area contributed by atoms with E-state index < -0.39 is 0 Å². The third kappa shape index (κ3) is 4.77. The zero-order valence-electron chi connectivity index (χ0n) is 18.2. The highest BCUT2D eigenvalue weighted by molar-refractivity contribution is 5.81. The van der Waals surface area contributed by atoms with Crippen molar-refractivity contribution in [2.24, 2.45) is 10.9 Å². The number of carbonyl (C=O) groups is 1. The van der Waals surface area contributed by atoms with Gasteiger partial charge in [-0.25, -0.2) is 4.98 Å². The molecule has 4 rings (SSSR count). The van der Waals surface area contributed by atoms with E-state index in [4.69, 9.17) is 9.98 Å². The molecule has 7 heteroatoms. The Morgan fingerprint density at radius 1 is 1.30 bits per heavy atom. The van der Waals surface area contributed by atoms with Crippen molar-refractivity contribution >= 4 is 17.5 Å². The molecule has 1 unspecified atom stereocenters. The molecule has 1 aliphatic carbocycles.